The van der Waals surface area contributed by atoms with Crippen molar-refractivity contribution in [3.63, 3.8) is 0 Å². The van der Waals surface area contributed by atoms with Gasteiger partial charge in [0, 0.05) is 0 Å². The van der Waals surface area contributed by atoms with E-state index in [1.807, 2.05) is 19.1 Å². The van der Waals surface area contributed by atoms with Crippen molar-refractivity contribution in [2.45, 2.75) is 6.92 Å². The molecule has 1 heterocycles. The third kappa shape index (κ3) is 2.78. The first kappa shape index (κ1) is 12.4. The van der Waals surface area contributed by atoms with Gasteiger partial charge in [0.25, 0.3) is 0 Å². The lowest BCUT2D eigenvalue weighted by Crippen LogP contribution is -2.02. The van der Waals surface area contributed by atoms with E-state index in [0.29, 0.717) is 5.75 Å². The molecule has 0 saturated carbocycles. The zero-order valence-electron chi connectivity index (χ0n) is 9.55. The summed E-state index contributed by atoms with van der Waals surface area (Å²) in [6.07, 6.45) is 0. The highest BCUT2D eigenvalue weighted by Gasteiger charge is 2.14. The van der Waals surface area contributed by atoms with Crippen LogP contribution in [0.4, 0.5) is 0 Å². The van der Waals surface area contributed by atoms with Gasteiger partial charge in [-0.3, -0.25) is 0 Å². The Hall–Kier alpha value is -2.07. The first-order chi connectivity index (χ1) is 8.56. The number of carboxylic acid groups (broad SMARTS) is 1. The van der Waals surface area contributed by atoms with Crippen LogP contribution in [0.3, 0.4) is 0 Å². The van der Waals surface area contributed by atoms with Gasteiger partial charge in [-0.15, -0.1) is 0 Å². The number of halogens is 1. The highest BCUT2D eigenvalue weighted by Crippen LogP contribution is 2.25. The van der Waals surface area contributed by atoms with Crippen LogP contribution in [-0.2, 0) is 0 Å². The van der Waals surface area contributed by atoms with Gasteiger partial charge in [0.15, 0.2) is 0 Å². The van der Waals surface area contributed by atoms with Gasteiger partial charge in [0.1, 0.15) is 16.5 Å². The van der Waals surface area contributed by atoms with Crippen LogP contribution in [0.2, 0.25) is 5.15 Å². The van der Waals surface area contributed by atoms with E-state index >= 15 is 0 Å². The van der Waals surface area contributed by atoms with E-state index < -0.39 is 5.97 Å². The number of ether oxygens (including phenoxy) is 1. The number of hydrogen-bond donors (Lipinski definition) is 1. The molecule has 5 heteroatoms. The van der Waals surface area contributed by atoms with E-state index in [4.69, 9.17) is 21.4 Å². The first-order valence-corrected chi connectivity index (χ1v) is 5.58. The van der Waals surface area contributed by atoms with Crippen molar-refractivity contribution in [1.82, 2.24) is 4.98 Å². The van der Waals surface area contributed by atoms with Crippen LogP contribution < -0.4 is 4.74 Å². The molecule has 1 aromatic carbocycles. The molecule has 2 rings (SSSR count). The molecule has 4 nitrogen and oxygen atoms in total. The third-order valence-electron chi connectivity index (χ3n) is 2.29. The fourth-order valence-corrected chi connectivity index (χ4v) is 1.52. The second-order valence-corrected chi connectivity index (χ2v) is 4.09. The molecule has 0 amide bonds. The number of rotatable bonds is 3. The van der Waals surface area contributed by atoms with Gasteiger partial charge < -0.3 is 9.84 Å². The molecule has 0 aliphatic carbocycles. The van der Waals surface area contributed by atoms with E-state index in [2.05, 4.69) is 4.98 Å². The van der Waals surface area contributed by atoms with Crippen LogP contribution in [0.15, 0.2) is 36.4 Å². The average molecular weight is 264 g/mol. The zero-order chi connectivity index (χ0) is 13.1. The number of pyridine rings is 1. The van der Waals surface area contributed by atoms with Crippen molar-refractivity contribution in [3.05, 3.63) is 52.7 Å². The van der Waals surface area contributed by atoms with Crippen molar-refractivity contribution in [2.24, 2.45) is 0 Å². The smallest absolute Gasteiger partial charge is 0.341 e. The molecule has 18 heavy (non-hydrogen) atoms. The Bertz CT molecular complexity index is 581. The van der Waals surface area contributed by atoms with Crippen molar-refractivity contribution in [2.75, 3.05) is 0 Å². The third-order valence-corrected chi connectivity index (χ3v) is 2.50. The minimum atomic E-state index is -1.11. The van der Waals surface area contributed by atoms with E-state index in [-0.39, 0.29) is 16.6 Å². The number of nitrogens with zero attached hydrogens (tertiary/aromatic N) is 1. The summed E-state index contributed by atoms with van der Waals surface area (Å²) in [7, 11) is 0. The lowest BCUT2D eigenvalue weighted by atomic mass is 10.2. The summed E-state index contributed by atoms with van der Waals surface area (Å²) in [5.74, 6) is -0.613. The number of benzene rings is 1. The molecule has 0 bridgehead atoms. The van der Waals surface area contributed by atoms with Gasteiger partial charge in [0.05, 0.1) is 0 Å². The van der Waals surface area contributed by atoms with Crippen molar-refractivity contribution in [3.8, 4) is 11.6 Å². The van der Waals surface area contributed by atoms with Crippen molar-refractivity contribution >= 4 is 17.6 Å². The molecular weight excluding hydrogens is 254 g/mol. The summed E-state index contributed by atoms with van der Waals surface area (Å²) in [5, 5.41) is 9.20. The minimum Gasteiger partial charge on any atom is -0.477 e. The topological polar surface area (TPSA) is 59.4 Å². The van der Waals surface area contributed by atoms with Gasteiger partial charge in [-0.2, -0.15) is 0 Å². The second kappa shape index (κ2) is 5.06. The van der Waals surface area contributed by atoms with Gasteiger partial charge in [0.2, 0.25) is 5.88 Å². The monoisotopic (exact) mass is 263 g/mol. The maximum absolute atomic E-state index is 11.0. The average Bonchev–Trinajstić information content (AvgIpc) is 2.32. The fraction of sp³-hybridized carbons (Fsp3) is 0.0769. The molecule has 0 spiro atoms. The number of aromatic nitrogens is 1. The summed E-state index contributed by atoms with van der Waals surface area (Å²) >= 11 is 5.73. The SMILES string of the molecule is Cc1ccc(Oc2nc(Cl)ccc2C(=O)O)cc1. The lowest BCUT2D eigenvalue weighted by molar-refractivity contribution is 0.0693. The van der Waals surface area contributed by atoms with E-state index in [1.54, 1.807) is 12.1 Å². The standard InChI is InChI=1S/C13H10ClNO3/c1-8-2-4-9(5-3-8)18-12-10(13(16)17)6-7-11(14)15-12/h2-7H,1H3,(H,16,17). The Morgan fingerprint density at radius 3 is 2.50 bits per heavy atom. The summed E-state index contributed by atoms with van der Waals surface area (Å²) in [6.45, 7) is 1.95. The Balaban J connectivity index is 2.35. The number of carbonyl (C=O) groups is 1. The number of carboxylic acids is 1. The maximum Gasteiger partial charge on any atom is 0.341 e. The molecular formula is C13H10ClNO3. The number of aryl methyl sites for hydroxylation is 1. The van der Waals surface area contributed by atoms with E-state index in [1.165, 1.54) is 12.1 Å². The first-order valence-electron chi connectivity index (χ1n) is 5.20. The van der Waals surface area contributed by atoms with Crippen LogP contribution >= 0.6 is 11.6 Å². The van der Waals surface area contributed by atoms with Crippen LogP contribution in [0.5, 0.6) is 11.6 Å². The predicted molar refractivity (Wildman–Crippen MR) is 67.5 cm³/mol. The molecule has 0 radical (unpaired) electrons. The lowest BCUT2D eigenvalue weighted by Gasteiger charge is -2.07. The Labute approximate surface area is 109 Å². The van der Waals surface area contributed by atoms with E-state index in [0.717, 1.165) is 5.56 Å². The van der Waals surface area contributed by atoms with Crippen LogP contribution in [0, 0.1) is 6.92 Å². The minimum absolute atomic E-state index is 0.0150. The fourth-order valence-electron chi connectivity index (χ4n) is 1.38. The Morgan fingerprint density at radius 2 is 1.89 bits per heavy atom. The molecule has 1 aromatic heterocycles. The number of hydrogen-bond acceptors (Lipinski definition) is 3. The number of aromatic carboxylic acids is 1. The predicted octanol–water partition coefficient (Wildman–Crippen LogP) is 3.53. The summed E-state index contributed by atoms with van der Waals surface area (Å²) in [4.78, 5) is 14.9. The summed E-state index contributed by atoms with van der Waals surface area (Å²) in [5.41, 5.74) is 1.06. The van der Waals surface area contributed by atoms with Crippen LogP contribution in [-0.4, -0.2) is 16.1 Å². The van der Waals surface area contributed by atoms with E-state index in [9.17, 15) is 4.79 Å². The highest BCUT2D eigenvalue weighted by atomic mass is 35.5. The van der Waals surface area contributed by atoms with Crippen molar-refractivity contribution < 1.29 is 14.6 Å². The van der Waals surface area contributed by atoms with Gasteiger partial charge >= 0.3 is 5.97 Å². The molecule has 0 saturated heterocycles. The molecule has 0 aliphatic rings. The zero-order valence-corrected chi connectivity index (χ0v) is 10.3. The summed E-state index contributed by atoms with van der Waals surface area (Å²) < 4.78 is 5.43. The largest absolute Gasteiger partial charge is 0.477 e. The normalized spacial score (nSPS) is 10.1. The molecule has 0 unspecified atom stereocenters. The Kier molecular flexibility index (Phi) is 3.48. The quantitative estimate of drug-likeness (QED) is 0.861. The second-order valence-electron chi connectivity index (χ2n) is 3.71. The molecule has 1 N–H and O–H groups in total. The highest BCUT2D eigenvalue weighted by molar-refractivity contribution is 6.29. The maximum atomic E-state index is 11.0. The molecule has 0 atom stereocenters. The molecule has 0 aliphatic heterocycles. The summed E-state index contributed by atoms with van der Waals surface area (Å²) in [6, 6.07) is 9.97. The van der Waals surface area contributed by atoms with Crippen molar-refractivity contribution in [1.29, 1.82) is 0 Å². The van der Waals surface area contributed by atoms with Gasteiger partial charge in [-0.05, 0) is 31.2 Å². The van der Waals surface area contributed by atoms with Gasteiger partial charge in [-0.25, -0.2) is 9.78 Å². The van der Waals surface area contributed by atoms with Crippen LogP contribution in [0.25, 0.3) is 0 Å². The molecule has 92 valence electrons. The Morgan fingerprint density at radius 1 is 1.22 bits per heavy atom. The molecule has 2 aromatic rings. The molecule has 0 fully saturated rings. The van der Waals surface area contributed by atoms with Crippen LogP contribution in [0.1, 0.15) is 15.9 Å². The van der Waals surface area contributed by atoms with Gasteiger partial charge in [-0.1, -0.05) is 29.3 Å².